The number of benzene rings is 1. The highest BCUT2D eigenvalue weighted by Gasteiger charge is 2.01. The van der Waals surface area contributed by atoms with Gasteiger partial charge in [-0.3, -0.25) is 5.32 Å². The van der Waals surface area contributed by atoms with Crippen molar-refractivity contribution in [2.75, 3.05) is 25.6 Å². The molecule has 4 heteroatoms. The van der Waals surface area contributed by atoms with Crippen molar-refractivity contribution in [3.05, 3.63) is 29.8 Å². The highest BCUT2D eigenvalue weighted by atomic mass is 16.6. The van der Waals surface area contributed by atoms with Crippen LogP contribution in [0.25, 0.3) is 0 Å². The maximum Gasteiger partial charge on any atom is 0.411 e. The number of anilines is 1. The minimum Gasteiger partial charge on any atom is -0.447 e. The highest BCUT2D eigenvalue weighted by Crippen LogP contribution is 2.08. The zero-order valence-corrected chi connectivity index (χ0v) is 9.03. The van der Waals surface area contributed by atoms with Gasteiger partial charge in [-0.05, 0) is 24.3 Å². The monoisotopic (exact) mass is 219 g/mol. The Bertz CT molecular complexity index is 378. The average molecular weight is 219 g/mol. The molecule has 0 radical (unpaired) electrons. The Morgan fingerprint density at radius 1 is 1.38 bits per heavy atom. The van der Waals surface area contributed by atoms with Crippen molar-refractivity contribution >= 4 is 11.8 Å². The van der Waals surface area contributed by atoms with Crippen LogP contribution in [-0.4, -0.2) is 26.4 Å². The number of amides is 1. The first-order chi connectivity index (χ1) is 7.76. The van der Waals surface area contributed by atoms with E-state index in [9.17, 15) is 4.79 Å². The Hall–Kier alpha value is -1.99. The summed E-state index contributed by atoms with van der Waals surface area (Å²) in [6.07, 6.45) is 4.70. The van der Waals surface area contributed by atoms with E-state index < -0.39 is 6.09 Å². The van der Waals surface area contributed by atoms with Crippen molar-refractivity contribution in [2.24, 2.45) is 0 Å². The summed E-state index contributed by atoms with van der Waals surface area (Å²) in [6, 6.07) is 6.91. The van der Waals surface area contributed by atoms with Gasteiger partial charge in [0, 0.05) is 18.4 Å². The predicted octanol–water partition coefficient (Wildman–Crippen LogP) is 1.86. The van der Waals surface area contributed by atoms with Crippen LogP contribution in [0.4, 0.5) is 10.5 Å². The maximum absolute atomic E-state index is 11.2. The normalized spacial score (nSPS) is 9.25. The second-order valence-corrected chi connectivity index (χ2v) is 2.98. The number of hydrogen-bond donors (Lipinski definition) is 1. The molecule has 84 valence electrons. The lowest BCUT2D eigenvalue weighted by atomic mass is 10.2. The molecule has 1 rings (SSSR count). The van der Waals surface area contributed by atoms with E-state index >= 15 is 0 Å². The molecule has 0 aromatic heterocycles. The van der Waals surface area contributed by atoms with Crippen LogP contribution in [0.5, 0.6) is 0 Å². The summed E-state index contributed by atoms with van der Waals surface area (Å²) in [5.41, 5.74) is 1.40. The molecule has 0 bridgehead atoms. The molecule has 16 heavy (non-hydrogen) atoms. The molecule has 1 aromatic rings. The van der Waals surface area contributed by atoms with Crippen LogP contribution in [-0.2, 0) is 9.47 Å². The third-order valence-electron chi connectivity index (χ3n) is 1.82. The molecule has 0 fully saturated rings. The summed E-state index contributed by atoms with van der Waals surface area (Å²) < 4.78 is 9.57. The third-order valence-corrected chi connectivity index (χ3v) is 1.82. The standard InChI is InChI=1S/C12H13NO3/c1-3-10-4-6-11(7-5-10)13-12(14)16-9-8-15-2/h1,4-7H,8-9H2,2H3,(H,13,14). The van der Waals surface area contributed by atoms with Crippen LogP contribution < -0.4 is 5.32 Å². The maximum atomic E-state index is 11.2. The second kappa shape index (κ2) is 6.49. The number of terminal acetylenes is 1. The van der Waals surface area contributed by atoms with Crippen molar-refractivity contribution in [1.82, 2.24) is 0 Å². The van der Waals surface area contributed by atoms with Gasteiger partial charge in [0.15, 0.2) is 0 Å². The summed E-state index contributed by atoms with van der Waals surface area (Å²) in [5, 5.41) is 2.57. The first-order valence-corrected chi connectivity index (χ1v) is 4.75. The molecule has 0 atom stereocenters. The van der Waals surface area contributed by atoms with Crippen molar-refractivity contribution in [3.8, 4) is 12.3 Å². The minimum atomic E-state index is -0.509. The predicted molar refractivity (Wildman–Crippen MR) is 61.2 cm³/mol. The van der Waals surface area contributed by atoms with Crippen molar-refractivity contribution in [3.63, 3.8) is 0 Å². The number of carbonyl (C=O) groups is 1. The SMILES string of the molecule is C#Cc1ccc(NC(=O)OCCOC)cc1. The number of hydrogen-bond acceptors (Lipinski definition) is 3. The lowest BCUT2D eigenvalue weighted by molar-refractivity contribution is 0.107. The lowest BCUT2D eigenvalue weighted by Crippen LogP contribution is -2.16. The molecule has 0 aliphatic rings. The van der Waals surface area contributed by atoms with Crippen molar-refractivity contribution in [2.45, 2.75) is 0 Å². The number of carbonyl (C=O) groups excluding carboxylic acids is 1. The van der Waals surface area contributed by atoms with E-state index in [1.54, 1.807) is 31.4 Å². The Balaban J connectivity index is 2.41. The zero-order chi connectivity index (χ0) is 11.8. The van der Waals surface area contributed by atoms with Gasteiger partial charge in [0.1, 0.15) is 6.61 Å². The summed E-state index contributed by atoms with van der Waals surface area (Å²) >= 11 is 0. The Kier molecular flexibility index (Phi) is 4.90. The van der Waals surface area contributed by atoms with Gasteiger partial charge >= 0.3 is 6.09 Å². The average Bonchev–Trinajstić information content (AvgIpc) is 2.30. The van der Waals surface area contributed by atoms with Gasteiger partial charge in [0.25, 0.3) is 0 Å². The first kappa shape index (κ1) is 12.1. The van der Waals surface area contributed by atoms with Gasteiger partial charge in [0.05, 0.1) is 6.61 Å². The molecule has 0 saturated carbocycles. The van der Waals surface area contributed by atoms with Crippen LogP contribution >= 0.6 is 0 Å². The van der Waals surface area contributed by atoms with E-state index in [0.717, 1.165) is 5.56 Å². The van der Waals surface area contributed by atoms with Gasteiger partial charge in [0.2, 0.25) is 0 Å². The van der Waals surface area contributed by atoms with E-state index in [1.807, 2.05) is 0 Å². The number of ether oxygens (including phenoxy) is 2. The third kappa shape index (κ3) is 4.03. The Morgan fingerprint density at radius 2 is 2.06 bits per heavy atom. The fourth-order valence-electron chi connectivity index (χ4n) is 1.02. The molecule has 0 heterocycles. The van der Waals surface area contributed by atoms with Crippen molar-refractivity contribution in [1.29, 1.82) is 0 Å². The number of rotatable bonds is 4. The van der Waals surface area contributed by atoms with Gasteiger partial charge in [-0.1, -0.05) is 5.92 Å². The highest BCUT2D eigenvalue weighted by molar-refractivity contribution is 5.84. The fourth-order valence-corrected chi connectivity index (χ4v) is 1.02. The first-order valence-electron chi connectivity index (χ1n) is 4.75. The van der Waals surface area contributed by atoms with Gasteiger partial charge in [-0.15, -0.1) is 6.42 Å². The summed E-state index contributed by atoms with van der Waals surface area (Å²) in [7, 11) is 1.54. The molecule has 0 saturated heterocycles. The zero-order valence-electron chi connectivity index (χ0n) is 9.03. The molecule has 0 aliphatic carbocycles. The topological polar surface area (TPSA) is 47.6 Å². The molecule has 0 unspecified atom stereocenters. The number of nitrogens with one attached hydrogen (secondary N) is 1. The van der Waals surface area contributed by atoms with Crippen LogP contribution in [0.3, 0.4) is 0 Å². The molecular weight excluding hydrogens is 206 g/mol. The molecule has 1 aromatic carbocycles. The van der Waals surface area contributed by atoms with E-state index in [2.05, 4.69) is 11.2 Å². The van der Waals surface area contributed by atoms with E-state index in [-0.39, 0.29) is 6.61 Å². The number of methoxy groups -OCH3 is 1. The second-order valence-electron chi connectivity index (χ2n) is 2.98. The summed E-state index contributed by atoms with van der Waals surface area (Å²) in [4.78, 5) is 11.2. The van der Waals surface area contributed by atoms with Crippen molar-refractivity contribution < 1.29 is 14.3 Å². The Morgan fingerprint density at radius 3 is 2.62 bits per heavy atom. The minimum absolute atomic E-state index is 0.227. The fraction of sp³-hybridized carbons (Fsp3) is 0.250. The van der Waals surface area contributed by atoms with E-state index in [0.29, 0.717) is 12.3 Å². The van der Waals surface area contributed by atoms with Gasteiger partial charge in [-0.2, -0.15) is 0 Å². The molecular formula is C12H13NO3. The van der Waals surface area contributed by atoms with Gasteiger partial charge in [-0.25, -0.2) is 4.79 Å². The molecule has 4 nitrogen and oxygen atoms in total. The van der Waals surface area contributed by atoms with Crippen LogP contribution in [0.15, 0.2) is 24.3 Å². The Labute approximate surface area is 94.6 Å². The van der Waals surface area contributed by atoms with Crippen LogP contribution in [0, 0.1) is 12.3 Å². The van der Waals surface area contributed by atoms with E-state index in [1.165, 1.54) is 0 Å². The molecule has 1 N–H and O–H groups in total. The van der Waals surface area contributed by atoms with Crippen LogP contribution in [0.2, 0.25) is 0 Å². The van der Waals surface area contributed by atoms with Crippen LogP contribution in [0.1, 0.15) is 5.56 Å². The molecule has 0 spiro atoms. The largest absolute Gasteiger partial charge is 0.447 e. The summed E-state index contributed by atoms with van der Waals surface area (Å²) in [5.74, 6) is 2.49. The lowest BCUT2D eigenvalue weighted by Gasteiger charge is -2.06. The van der Waals surface area contributed by atoms with E-state index in [4.69, 9.17) is 15.9 Å². The molecule has 0 aliphatic heterocycles. The smallest absolute Gasteiger partial charge is 0.411 e. The molecule has 1 amide bonds. The van der Waals surface area contributed by atoms with Gasteiger partial charge < -0.3 is 9.47 Å². The quantitative estimate of drug-likeness (QED) is 0.621. The summed E-state index contributed by atoms with van der Waals surface area (Å²) in [6.45, 7) is 0.605.